The Bertz CT molecular complexity index is 262. The van der Waals surface area contributed by atoms with Gasteiger partial charge in [-0.2, -0.15) is 17.0 Å². The minimum atomic E-state index is 0.492. The fourth-order valence-corrected chi connectivity index (χ4v) is 2.26. The number of thiazole rings is 1. The third-order valence-electron chi connectivity index (χ3n) is 1.12. The van der Waals surface area contributed by atoms with Crippen LogP contribution in [0.1, 0.15) is 9.88 Å². The van der Waals surface area contributed by atoms with Crippen molar-refractivity contribution in [3.63, 3.8) is 0 Å². The molecular formula is C7H8N2S2. The third-order valence-corrected chi connectivity index (χ3v) is 2.86. The van der Waals surface area contributed by atoms with E-state index < -0.39 is 0 Å². The summed E-state index contributed by atoms with van der Waals surface area (Å²) in [6.45, 7) is 0. The lowest BCUT2D eigenvalue weighted by Gasteiger charge is -1.85. The van der Waals surface area contributed by atoms with Crippen LogP contribution >= 0.6 is 23.1 Å². The van der Waals surface area contributed by atoms with Crippen LogP contribution in [0.15, 0.2) is 6.20 Å². The quantitative estimate of drug-likeness (QED) is 0.721. The summed E-state index contributed by atoms with van der Waals surface area (Å²) >= 11 is 3.38. The molecule has 0 aliphatic heterocycles. The molecule has 0 amide bonds. The van der Waals surface area contributed by atoms with Crippen LogP contribution in [0, 0.1) is 11.3 Å². The van der Waals surface area contributed by atoms with E-state index in [-0.39, 0.29) is 0 Å². The molecule has 2 nitrogen and oxygen atoms in total. The Kier molecular flexibility index (Phi) is 3.40. The smallest absolute Gasteiger partial charge is 0.103 e. The van der Waals surface area contributed by atoms with Crippen molar-refractivity contribution < 1.29 is 0 Å². The predicted octanol–water partition coefficient (Wildman–Crippen LogP) is 2.07. The summed E-state index contributed by atoms with van der Waals surface area (Å²) in [6, 6.07) is 2.10. The largest absolute Gasteiger partial charge is 0.248 e. The van der Waals surface area contributed by atoms with E-state index in [0.29, 0.717) is 6.42 Å². The summed E-state index contributed by atoms with van der Waals surface area (Å²) in [6.07, 6.45) is 4.33. The predicted molar refractivity (Wildman–Crippen MR) is 48.7 cm³/mol. The molecular weight excluding hydrogens is 176 g/mol. The van der Waals surface area contributed by atoms with Crippen LogP contribution in [-0.4, -0.2) is 11.2 Å². The summed E-state index contributed by atoms with van der Waals surface area (Å²) in [4.78, 5) is 5.24. The number of rotatable bonds is 3. The SMILES string of the molecule is CSCc1ncc(CC#N)s1. The molecule has 4 heteroatoms. The molecule has 1 heterocycles. The Balaban J connectivity index is 2.60. The highest BCUT2D eigenvalue weighted by molar-refractivity contribution is 7.97. The average Bonchev–Trinajstić information content (AvgIpc) is 2.38. The molecule has 0 bridgehead atoms. The summed E-state index contributed by atoms with van der Waals surface area (Å²) < 4.78 is 0. The zero-order chi connectivity index (χ0) is 8.10. The van der Waals surface area contributed by atoms with Crippen LogP contribution in [0.3, 0.4) is 0 Å². The zero-order valence-corrected chi connectivity index (χ0v) is 7.84. The van der Waals surface area contributed by atoms with Crippen molar-refractivity contribution in [2.75, 3.05) is 6.26 Å². The Morgan fingerprint density at radius 1 is 1.82 bits per heavy atom. The molecule has 0 saturated heterocycles. The topological polar surface area (TPSA) is 36.7 Å². The summed E-state index contributed by atoms with van der Waals surface area (Å²) in [5.74, 6) is 0.954. The van der Waals surface area contributed by atoms with E-state index in [1.54, 1.807) is 29.3 Å². The standard InChI is InChI=1S/C7H8N2S2/c1-10-5-7-9-4-6(11-7)2-3-8/h4H,2,5H2,1H3. The van der Waals surface area contributed by atoms with Gasteiger partial charge in [0.25, 0.3) is 0 Å². The zero-order valence-electron chi connectivity index (χ0n) is 6.20. The first-order chi connectivity index (χ1) is 5.36. The van der Waals surface area contributed by atoms with Crippen LogP contribution in [0.2, 0.25) is 0 Å². The third kappa shape index (κ3) is 2.52. The van der Waals surface area contributed by atoms with Gasteiger partial charge in [-0.1, -0.05) is 0 Å². The average molecular weight is 184 g/mol. The number of nitriles is 1. The number of hydrogen-bond acceptors (Lipinski definition) is 4. The lowest BCUT2D eigenvalue weighted by molar-refractivity contribution is 1.23. The Hall–Kier alpha value is -0.530. The maximum atomic E-state index is 8.38. The maximum Gasteiger partial charge on any atom is 0.103 e. The van der Waals surface area contributed by atoms with Gasteiger partial charge in [0, 0.05) is 16.8 Å². The van der Waals surface area contributed by atoms with Crippen LogP contribution in [-0.2, 0) is 12.2 Å². The molecule has 0 unspecified atom stereocenters. The second kappa shape index (κ2) is 4.37. The molecule has 1 aromatic rings. The van der Waals surface area contributed by atoms with Gasteiger partial charge in [0.2, 0.25) is 0 Å². The molecule has 0 aliphatic carbocycles. The van der Waals surface area contributed by atoms with Crippen LogP contribution < -0.4 is 0 Å². The lowest BCUT2D eigenvalue weighted by Crippen LogP contribution is -1.72. The van der Waals surface area contributed by atoms with Crippen LogP contribution in [0.4, 0.5) is 0 Å². The summed E-state index contributed by atoms with van der Waals surface area (Å²) in [5, 5.41) is 9.50. The molecule has 0 N–H and O–H groups in total. The lowest BCUT2D eigenvalue weighted by atomic mass is 10.4. The van der Waals surface area contributed by atoms with E-state index >= 15 is 0 Å². The minimum absolute atomic E-state index is 0.492. The van der Waals surface area contributed by atoms with Crippen LogP contribution in [0.5, 0.6) is 0 Å². The highest BCUT2D eigenvalue weighted by atomic mass is 32.2. The minimum Gasteiger partial charge on any atom is -0.248 e. The van der Waals surface area contributed by atoms with Gasteiger partial charge in [-0.15, -0.1) is 11.3 Å². The number of aromatic nitrogens is 1. The van der Waals surface area contributed by atoms with E-state index in [1.165, 1.54) is 0 Å². The van der Waals surface area contributed by atoms with Crippen molar-refractivity contribution in [1.29, 1.82) is 5.26 Å². The first-order valence-electron chi connectivity index (χ1n) is 3.16. The first kappa shape index (κ1) is 8.57. The molecule has 0 radical (unpaired) electrons. The second-order valence-electron chi connectivity index (χ2n) is 1.99. The van der Waals surface area contributed by atoms with Crippen molar-refractivity contribution in [1.82, 2.24) is 4.98 Å². The molecule has 58 valence electrons. The molecule has 1 rings (SSSR count). The molecule has 11 heavy (non-hydrogen) atoms. The van der Waals surface area contributed by atoms with E-state index in [9.17, 15) is 0 Å². The maximum absolute atomic E-state index is 8.38. The molecule has 0 spiro atoms. The van der Waals surface area contributed by atoms with Crippen molar-refractivity contribution >= 4 is 23.1 Å². The summed E-state index contributed by atoms with van der Waals surface area (Å²) in [5.41, 5.74) is 0. The van der Waals surface area contributed by atoms with Crippen molar-refractivity contribution in [3.8, 4) is 6.07 Å². The monoisotopic (exact) mass is 184 g/mol. The number of nitrogens with zero attached hydrogens (tertiary/aromatic N) is 2. The Morgan fingerprint density at radius 2 is 2.64 bits per heavy atom. The Labute approximate surface area is 74.3 Å². The highest BCUT2D eigenvalue weighted by Crippen LogP contribution is 2.17. The van der Waals surface area contributed by atoms with Gasteiger partial charge in [0.1, 0.15) is 5.01 Å². The molecule has 0 fully saturated rings. The Morgan fingerprint density at radius 3 is 3.27 bits per heavy atom. The van der Waals surface area contributed by atoms with Crippen molar-refractivity contribution in [3.05, 3.63) is 16.1 Å². The van der Waals surface area contributed by atoms with E-state index in [2.05, 4.69) is 11.1 Å². The molecule has 0 saturated carbocycles. The normalized spacial score (nSPS) is 9.45. The number of hydrogen-bond donors (Lipinski definition) is 0. The fraction of sp³-hybridized carbons (Fsp3) is 0.429. The molecule has 0 aliphatic rings. The fourth-order valence-electron chi connectivity index (χ4n) is 0.698. The number of thioether (sulfide) groups is 1. The van der Waals surface area contributed by atoms with Gasteiger partial charge >= 0.3 is 0 Å². The van der Waals surface area contributed by atoms with Gasteiger partial charge in [0.15, 0.2) is 0 Å². The molecule has 0 atom stereocenters. The van der Waals surface area contributed by atoms with Gasteiger partial charge in [-0.05, 0) is 6.26 Å². The van der Waals surface area contributed by atoms with E-state index in [0.717, 1.165) is 15.6 Å². The van der Waals surface area contributed by atoms with Gasteiger partial charge in [-0.25, -0.2) is 4.98 Å². The second-order valence-corrected chi connectivity index (χ2v) is 4.05. The van der Waals surface area contributed by atoms with E-state index in [1.807, 2.05) is 6.26 Å². The first-order valence-corrected chi connectivity index (χ1v) is 5.37. The molecule has 1 aromatic heterocycles. The van der Waals surface area contributed by atoms with Gasteiger partial charge in [0.05, 0.1) is 12.5 Å². The van der Waals surface area contributed by atoms with Crippen molar-refractivity contribution in [2.24, 2.45) is 0 Å². The van der Waals surface area contributed by atoms with Gasteiger partial charge in [-0.3, -0.25) is 0 Å². The van der Waals surface area contributed by atoms with Crippen molar-refractivity contribution in [2.45, 2.75) is 12.2 Å². The van der Waals surface area contributed by atoms with E-state index in [4.69, 9.17) is 5.26 Å². The molecule has 0 aromatic carbocycles. The van der Waals surface area contributed by atoms with Gasteiger partial charge < -0.3 is 0 Å². The summed E-state index contributed by atoms with van der Waals surface area (Å²) in [7, 11) is 0. The van der Waals surface area contributed by atoms with Crippen LogP contribution in [0.25, 0.3) is 0 Å². The highest BCUT2D eigenvalue weighted by Gasteiger charge is 1.99.